The van der Waals surface area contributed by atoms with Crippen molar-refractivity contribution in [2.45, 2.75) is 39.7 Å². The van der Waals surface area contributed by atoms with Crippen LogP contribution in [0.3, 0.4) is 0 Å². The number of rotatable bonds is 5. The van der Waals surface area contributed by atoms with E-state index in [2.05, 4.69) is 25.8 Å². The maximum absolute atomic E-state index is 12.2. The SMILES string of the molecule is CCc1ccc(C(=O)Cn2ccnc2C(C)C)cc1. The Morgan fingerprint density at radius 1 is 1.26 bits per heavy atom. The molecule has 1 aromatic carbocycles. The van der Waals surface area contributed by atoms with Crippen molar-refractivity contribution in [3.63, 3.8) is 0 Å². The molecule has 0 atom stereocenters. The first kappa shape index (κ1) is 13.5. The zero-order chi connectivity index (χ0) is 13.8. The molecule has 1 aromatic heterocycles. The van der Waals surface area contributed by atoms with Gasteiger partial charge in [-0.1, -0.05) is 45.0 Å². The number of nitrogens with zero attached hydrogens (tertiary/aromatic N) is 2. The highest BCUT2D eigenvalue weighted by atomic mass is 16.1. The number of benzene rings is 1. The van der Waals surface area contributed by atoms with E-state index >= 15 is 0 Å². The zero-order valence-corrected chi connectivity index (χ0v) is 11.8. The molecule has 3 nitrogen and oxygen atoms in total. The molecule has 0 radical (unpaired) electrons. The quantitative estimate of drug-likeness (QED) is 0.768. The molecular formula is C16H20N2O. The van der Waals surface area contributed by atoms with Gasteiger partial charge in [-0.15, -0.1) is 0 Å². The number of ketones is 1. The number of hydrogen-bond donors (Lipinski definition) is 0. The van der Waals surface area contributed by atoms with Gasteiger partial charge in [-0.2, -0.15) is 0 Å². The number of hydrogen-bond acceptors (Lipinski definition) is 2. The lowest BCUT2D eigenvalue weighted by Crippen LogP contribution is -2.13. The van der Waals surface area contributed by atoms with Crippen LogP contribution in [0.1, 0.15) is 48.4 Å². The molecule has 0 N–H and O–H groups in total. The summed E-state index contributed by atoms with van der Waals surface area (Å²) in [5, 5.41) is 0. The molecule has 3 heteroatoms. The molecule has 0 saturated heterocycles. The van der Waals surface area contributed by atoms with E-state index in [1.165, 1.54) is 5.56 Å². The van der Waals surface area contributed by atoms with Crippen molar-refractivity contribution in [2.75, 3.05) is 0 Å². The second-order valence-electron chi connectivity index (χ2n) is 5.04. The Labute approximate surface area is 114 Å². The molecule has 0 aliphatic heterocycles. The van der Waals surface area contributed by atoms with Gasteiger partial charge in [0.1, 0.15) is 5.82 Å². The Balaban J connectivity index is 2.13. The average Bonchev–Trinajstić information content (AvgIpc) is 2.87. The van der Waals surface area contributed by atoms with Crippen LogP contribution in [0.4, 0.5) is 0 Å². The Kier molecular flexibility index (Phi) is 4.15. The van der Waals surface area contributed by atoms with Crippen LogP contribution in [0.2, 0.25) is 0 Å². The van der Waals surface area contributed by atoms with E-state index in [-0.39, 0.29) is 5.78 Å². The van der Waals surface area contributed by atoms with E-state index in [9.17, 15) is 4.79 Å². The summed E-state index contributed by atoms with van der Waals surface area (Å²) in [6.07, 6.45) is 4.62. The van der Waals surface area contributed by atoms with Gasteiger partial charge in [-0.05, 0) is 12.0 Å². The van der Waals surface area contributed by atoms with Gasteiger partial charge < -0.3 is 4.57 Å². The highest BCUT2D eigenvalue weighted by molar-refractivity contribution is 5.95. The van der Waals surface area contributed by atoms with Gasteiger partial charge >= 0.3 is 0 Å². The fourth-order valence-corrected chi connectivity index (χ4v) is 2.13. The summed E-state index contributed by atoms with van der Waals surface area (Å²) in [6, 6.07) is 7.86. The topological polar surface area (TPSA) is 34.9 Å². The summed E-state index contributed by atoms with van der Waals surface area (Å²) in [4.78, 5) is 16.5. The van der Waals surface area contributed by atoms with E-state index < -0.39 is 0 Å². The molecule has 0 bridgehead atoms. The molecule has 0 saturated carbocycles. The minimum atomic E-state index is 0.127. The molecule has 0 spiro atoms. The molecule has 2 rings (SSSR count). The lowest BCUT2D eigenvalue weighted by molar-refractivity contribution is 0.0971. The number of imidazole rings is 1. The average molecular weight is 256 g/mol. The standard InChI is InChI=1S/C16H20N2O/c1-4-13-5-7-14(8-6-13)15(19)11-18-10-9-17-16(18)12(2)3/h5-10,12H,4,11H2,1-3H3. The molecule has 19 heavy (non-hydrogen) atoms. The van der Waals surface area contributed by atoms with Crippen LogP contribution < -0.4 is 0 Å². The van der Waals surface area contributed by atoms with Gasteiger partial charge in [0.15, 0.2) is 5.78 Å². The Hall–Kier alpha value is -1.90. The normalized spacial score (nSPS) is 10.9. The number of Topliss-reactive ketones (excluding diaryl/α,β-unsaturated/α-hetero) is 1. The summed E-state index contributed by atoms with van der Waals surface area (Å²) in [5.41, 5.74) is 2.02. The van der Waals surface area contributed by atoms with Crippen molar-refractivity contribution < 1.29 is 4.79 Å². The number of carbonyl (C=O) groups excluding carboxylic acids is 1. The summed E-state index contributed by atoms with van der Waals surface area (Å²) < 4.78 is 1.93. The Morgan fingerprint density at radius 3 is 2.53 bits per heavy atom. The third kappa shape index (κ3) is 3.11. The third-order valence-corrected chi connectivity index (χ3v) is 3.26. The minimum absolute atomic E-state index is 0.127. The van der Waals surface area contributed by atoms with Crippen LogP contribution in [0.15, 0.2) is 36.7 Å². The van der Waals surface area contributed by atoms with Gasteiger partial charge in [0.2, 0.25) is 0 Å². The van der Waals surface area contributed by atoms with Crippen molar-refractivity contribution >= 4 is 5.78 Å². The van der Waals surface area contributed by atoms with Crippen LogP contribution in [-0.4, -0.2) is 15.3 Å². The first-order chi connectivity index (χ1) is 9.11. The first-order valence-corrected chi connectivity index (χ1v) is 6.75. The van der Waals surface area contributed by atoms with Crippen LogP contribution >= 0.6 is 0 Å². The van der Waals surface area contributed by atoms with Gasteiger partial charge in [0.25, 0.3) is 0 Å². The van der Waals surface area contributed by atoms with Gasteiger partial charge in [-0.25, -0.2) is 4.98 Å². The number of aromatic nitrogens is 2. The van der Waals surface area contributed by atoms with Gasteiger partial charge in [-0.3, -0.25) is 4.79 Å². The van der Waals surface area contributed by atoms with E-state index in [0.717, 1.165) is 17.8 Å². The van der Waals surface area contributed by atoms with Gasteiger partial charge in [0, 0.05) is 23.9 Å². The molecule has 1 heterocycles. The molecule has 2 aromatic rings. The van der Waals surface area contributed by atoms with Crippen molar-refractivity contribution in [2.24, 2.45) is 0 Å². The van der Waals surface area contributed by atoms with Crippen LogP contribution in [0.25, 0.3) is 0 Å². The molecule has 0 aliphatic carbocycles. The summed E-state index contributed by atoms with van der Waals surface area (Å²) in [5.74, 6) is 1.41. The molecule has 100 valence electrons. The lowest BCUT2D eigenvalue weighted by Gasteiger charge is -2.09. The summed E-state index contributed by atoms with van der Waals surface area (Å²) in [6.45, 7) is 6.63. The maximum atomic E-state index is 12.2. The fraction of sp³-hybridized carbons (Fsp3) is 0.375. The number of aryl methyl sites for hydroxylation is 1. The van der Waals surface area contributed by atoms with E-state index in [4.69, 9.17) is 0 Å². The number of carbonyl (C=O) groups is 1. The van der Waals surface area contributed by atoms with E-state index in [1.54, 1.807) is 6.20 Å². The van der Waals surface area contributed by atoms with Crippen molar-refractivity contribution in [1.82, 2.24) is 9.55 Å². The first-order valence-electron chi connectivity index (χ1n) is 6.75. The Bertz CT molecular complexity index is 552. The third-order valence-electron chi connectivity index (χ3n) is 3.26. The largest absolute Gasteiger partial charge is 0.327 e. The lowest BCUT2D eigenvalue weighted by atomic mass is 10.1. The fourth-order valence-electron chi connectivity index (χ4n) is 2.13. The highest BCUT2D eigenvalue weighted by Gasteiger charge is 2.11. The second-order valence-corrected chi connectivity index (χ2v) is 5.04. The predicted molar refractivity (Wildman–Crippen MR) is 76.5 cm³/mol. The highest BCUT2D eigenvalue weighted by Crippen LogP contribution is 2.13. The smallest absolute Gasteiger partial charge is 0.182 e. The zero-order valence-electron chi connectivity index (χ0n) is 11.8. The second kappa shape index (κ2) is 5.83. The maximum Gasteiger partial charge on any atom is 0.182 e. The van der Waals surface area contributed by atoms with Crippen molar-refractivity contribution in [3.8, 4) is 0 Å². The van der Waals surface area contributed by atoms with E-state index in [1.807, 2.05) is 35.0 Å². The molecule has 0 amide bonds. The van der Waals surface area contributed by atoms with E-state index in [0.29, 0.717) is 12.5 Å². The molecule has 0 unspecified atom stereocenters. The monoisotopic (exact) mass is 256 g/mol. The molecular weight excluding hydrogens is 236 g/mol. The minimum Gasteiger partial charge on any atom is -0.327 e. The van der Waals surface area contributed by atoms with Crippen LogP contribution in [0.5, 0.6) is 0 Å². The Morgan fingerprint density at radius 2 is 1.95 bits per heavy atom. The molecule has 0 aliphatic rings. The van der Waals surface area contributed by atoms with Crippen LogP contribution in [-0.2, 0) is 13.0 Å². The van der Waals surface area contributed by atoms with Gasteiger partial charge in [0.05, 0.1) is 6.54 Å². The molecule has 0 fully saturated rings. The van der Waals surface area contributed by atoms with Crippen molar-refractivity contribution in [3.05, 3.63) is 53.6 Å². The van der Waals surface area contributed by atoms with Crippen molar-refractivity contribution in [1.29, 1.82) is 0 Å². The summed E-state index contributed by atoms with van der Waals surface area (Å²) >= 11 is 0. The van der Waals surface area contributed by atoms with Crippen LogP contribution in [0, 0.1) is 0 Å². The predicted octanol–water partition coefficient (Wildman–Crippen LogP) is 3.45. The summed E-state index contributed by atoms with van der Waals surface area (Å²) in [7, 11) is 0.